The lowest BCUT2D eigenvalue weighted by molar-refractivity contribution is 0.0979. The van der Waals surface area contributed by atoms with E-state index < -0.39 is 0 Å². The lowest BCUT2D eigenvalue weighted by Crippen LogP contribution is -1.99. The highest BCUT2D eigenvalue weighted by Crippen LogP contribution is 2.25. The van der Waals surface area contributed by atoms with Crippen molar-refractivity contribution in [1.82, 2.24) is 0 Å². The Bertz CT molecular complexity index is 546. The maximum Gasteiger partial charge on any atom is 0.163 e. The van der Waals surface area contributed by atoms with Gasteiger partial charge in [-0.1, -0.05) is 43.3 Å². The van der Waals surface area contributed by atoms with Gasteiger partial charge in [0.25, 0.3) is 0 Å². The predicted octanol–water partition coefficient (Wildman–Crippen LogP) is 4.63. The van der Waals surface area contributed by atoms with Crippen LogP contribution in [-0.2, 0) is 0 Å². The fourth-order valence-corrected chi connectivity index (χ4v) is 2.28. The summed E-state index contributed by atoms with van der Waals surface area (Å²) in [7, 11) is 0. The molecule has 18 heavy (non-hydrogen) atoms. The molecule has 0 amide bonds. The van der Waals surface area contributed by atoms with Gasteiger partial charge in [0.1, 0.15) is 0 Å². The summed E-state index contributed by atoms with van der Waals surface area (Å²) in [4.78, 5) is 12.6. The number of thiol groups is 1. The number of carbonyl (C=O) groups is 1. The summed E-state index contributed by atoms with van der Waals surface area (Å²) < 4.78 is 0. The summed E-state index contributed by atoms with van der Waals surface area (Å²) in [5.41, 5.74) is 2.95. The van der Waals surface area contributed by atoms with E-state index in [0.29, 0.717) is 6.42 Å². The van der Waals surface area contributed by atoms with Gasteiger partial charge >= 0.3 is 0 Å². The van der Waals surface area contributed by atoms with Crippen molar-refractivity contribution in [1.29, 1.82) is 0 Å². The number of ketones is 1. The molecular formula is C16H16OS. The molecule has 0 heterocycles. The largest absolute Gasteiger partial charge is 0.294 e. The quantitative estimate of drug-likeness (QED) is 0.623. The average molecular weight is 256 g/mol. The van der Waals surface area contributed by atoms with Gasteiger partial charge in [-0.05, 0) is 29.7 Å². The topological polar surface area (TPSA) is 17.1 Å². The van der Waals surface area contributed by atoms with Crippen LogP contribution in [0.5, 0.6) is 0 Å². The van der Waals surface area contributed by atoms with E-state index in [2.05, 4.69) is 24.8 Å². The molecular weight excluding hydrogens is 240 g/mol. The minimum atomic E-state index is 0.169. The Morgan fingerprint density at radius 2 is 1.78 bits per heavy atom. The first kappa shape index (κ1) is 12.9. The molecule has 0 unspecified atom stereocenters. The lowest BCUT2D eigenvalue weighted by atomic mass is 10.0. The first-order valence-electron chi connectivity index (χ1n) is 6.14. The first-order valence-corrected chi connectivity index (χ1v) is 6.58. The van der Waals surface area contributed by atoms with Gasteiger partial charge in [0.2, 0.25) is 0 Å². The van der Waals surface area contributed by atoms with E-state index in [9.17, 15) is 4.79 Å². The molecule has 0 atom stereocenters. The smallest absolute Gasteiger partial charge is 0.163 e. The zero-order valence-electron chi connectivity index (χ0n) is 10.4. The van der Waals surface area contributed by atoms with Crippen LogP contribution in [0.4, 0.5) is 0 Å². The van der Waals surface area contributed by atoms with Gasteiger partial charge in [0, 0.05) is 16.9 Å². The molecule has 0 spiro atoms. The zero-order valence-corrected chi connectivity index (χ0v) is 11.3. The van der Waals surface area contributed by atoms with Crippen molar-refractivity contribution in [2.24, 2.45) is 0 Å². The summed E-state index contributed by atoms with van der Waals surface area (Å²) in [6.07, 6.45) is 1.45. The van der Waals surface area contributed by atoms with E-state index in [4.69, 9.17) is 0 Å². The second kappa shape index (κ2) is 5.87. The lowest BCUT2D eigenvalue weighted by Gasteiger charge is -2.07. The average Bonchev–Trinajstić information content (AvgIpc) is 2.40. The Kier molecular flexibility index (Phi) is 4.21. The molecule has 1 nitrogen and oxygen atoms in total. The zero-order chi connectivity index (χ0) is 13.0. The minimum Gasteiger partial charge on any atom is -0.294 e. The number of rotatable bonds is 4. The van der Waals surface area contributed by atoms with E-state index in [1.54, 1.807) is 0 Å². The normalized spacial score (nSPS) is 10.3. The van der Waals surface area contributed by atoms with Gasteiger partial charge < -0.3 is 0 Å². The van der Waals surface area contributed by atoms with Crippen molar-refractivity contribution < 1.29 is 4.79 Å². The molecule has 2 aromatic rings. The van der Waals surface area contributed by atoms with Crippen molar-refractivity contribution >= 4 is 18.4 Å². The molecule has 0 N–H and O–H groups in total. The Morgan fingerprint density at radius 1 is 1.06 bits per heavy atom. The molecule has 0 aliphatic heterocycles. The Hall–Kier alpha value is -1.54. The fraction of sp³-hybridized carbons (Fsp3) is 0.188. The number of benzene rings is 2. The van der Waals surface area contributed by atoms with Crippen LogP contribution in [0.1, 0.15) is 30.1 Å². The molecule has 2 rings (SSSR count). The van der Waals surface area contributed by atoms with Crippen LogP contribution in [0, 0.1) is 0 Å². The van der Waals surface area contributed by atoms with Crippen molar-refractivity contribution in [2.45, 2.75) is 24.7 Å². The highest BCUT2D eigenvalue weighted by atomic mass is 32.1. The summed E-state index contributed by atoms with van der Waals surface area (Å²) in [6, 6.07) is 15.9. The van der Waals surface area contributed by atoms with Crippen LogP contribution in [0.3, 0.4) is 0 Å². The monoisotopic (exact) mass is 256 g/mol. The highest BCUT2D eigenvalue weighted by molar-refractivity contribution is 7.80. The van der Waals surface area contributed by atoms with Gasteiger partial charge in [-0.2, -0.15) is 0 Å². The van der Waals surface area contributed by atoms with Crippen molar-refractivity contribution in [3.63, 3.8) is 0 Å². The Balaban J connectivity index is 2.34. The van der Waals surface area contributed by atoms with Gasteiger partial charge in [0.05, 0.1) is 0 Å². The van der Waals surface area contributed by atoms with Crippen LogP contribution in [0.15, 0.2) is 53.4 Å². The Morgan fingerprint density at radius 3 is 2.39 bits per heavy atom. The summed E-state index contributed by atoms with van der Waals surface area (Å²) in [6.45, 7) is 2.01. The van der Waals surface area contributed by atoms with Crippen LogP contribution in [0.25, 0.3) is 11.1 Å². The van der Waals surface area contributed by atoms with E-state index in [1.807, 2.05) is 43.3 Å². The maximum atomic E-state index is 11.9. The highest BCUT2D eigenvalue weighted by Gasteiger charge is 2.09. The predicted molar refractivity (Wildman–Crippen MR) is 78.4 cm³/mol. The van der Waals surface area contributed by atoms with Crippen LogP contribution in [-0.4, -0.2) is 5.78 Å². The molecule has 92 valence electrons. The SMILES string of the molecule is CCCC(=O)c1ccc(-c2ccccc2)cc1S. The fourth-order valence-electron chi connectivity index (χ4n) is 1.94. The third-order valence-electron chi connectivity index (χ3n) is 2.88. The van der Waals surface area contributed by atoms with Gasteiger partial charge in [-0.25, -0.2) is 0 Å². The third-order valence-corrected chi connectivity index (χ3v) is 3.25. The third kappa shape index (κ3) is 2.82. The second-order valence-corrected chi connectivity index (χ2v) is 4.75. The second-order valence-electron chi connectivity index (χ2n) is 4.27. The van der Waals surface area contributed by atoms with Crippen LogP contribution in [0.2, 0.25) is 0 Å². The van der Waals surface area contributed by atoms with E-state index in [-0.39, 0.29) is 5.78 Å². The Labute approximate surface area is 113 Å². The molecule has 0 fully saturated rings. The molecule has 2 heteroatoms. The van der Waals surface area contributed by atoms with Crippen LogP contribution >= 0.6 is 12.6 Å². The van der Waals surface area contributed by atoms with Gasteiger partial charge in [-0.15, -0.1) is 12.6 Å². The number of carbonyl (C=O) groups excluding carboxylic acids is 1. The molecule has 0 aromatic heterocycles. The molecule has 2 aromatic carbocycles. The van der Waals surface area contributed by atoms with Crippen molar-refractivity contribution in [3.05, 3.63) is 54.1 Å². The first-order chi connectivity index (χ1) is 8.72. The van der Waals surface area contributed by atoms with Gasteiger partial charge in [0.15, 0.2) is 5.78 Å². The minimum absolute atomic E-state index is 0.169. The molecule has 0 bridgehead atoms. The van der Waals surface area contributed by atoms with Crippen molar-refractivity contribution in [3.8, 4) is 11.1 Å². The van der Waals surface area contributed by atoms with Crippen LogP contribution < -0.4 is 0 Å². The summed E-state index contributed by atoms with van der Waals surface area (Å²) in [5, 5.41) is 0. The molecule has 0 saturated carbocycles. The summed E-state index contributed by atoms with van der Waals surface area (Å²) in [5.74, 6) is 0.169. The number of hydrogen-bond acceptors (Lipinski definition) is 2. The molecule has 0 aliphatic carbocycles. The van der Waals surface area contributed by atoms with E-state index >= 15 is 0 Å². The molecule has 0 saturated heterocycles. The van der Waals surface area contributed by atoms with Gasteiger partial charge in [-0.3, -0.25) is 4.79 Å². The van der Waals surface area contributed by atoms with Crippen molar-refractivity contribution in [2.75, 3.05) is 0 Å². The maximum absolute atomic E-state index is 11.9. The number of hydrogen-bond donors (Lipinski definition) is 1. The van der Waals surface area contributed by atoms with E-state index in [0.717, 1.165) is 28.0 Å². The van der Waals surface area contributed by atoms with E-state index in [1.165, 1.54) is 0 Å². The summed E-state index contributed by atoms with van der Waals surface area (Å²) >= 11 is 4.43. The molecule has 0 radical (unpaired) electrons. The molecule has 0 aliphatic rings. The standard InChI is InChI=1S/C16H16OS/c1-2-6-15(17)14-10-9-13(11-16(14)18)12-7-4-3-5-8-12/h3-5,7-11,18H,2,6H2,1H3. The number of Topliss-reactive ketones (excluding diaryl/α,β-unsaturated/α-hetero) is 1.